The summed E-state index contributed by atoms with van der Waals surface area (Å²) in [6.07, 6.45) is 0.0661. The number of aliphatic hydroxyl groups is 1. The third-order valence-corrected chi connectivity index (χ3v) is 4.72. The first-order chi connectivity index (χ1) is 13.5. The summed E-state index contributed by atoms with van der Waals surface area (Å²) in [6.45, 7) is 4.06. The van der Waals surface area contributed by atoms with E-state index in [1.165, 1.54) is 24.3 Å². The second-order valence-electron chi connectivity index (χ2n) is 6.64. The highest BCUT2D eigenvalue weighted by Gasteiger charge is 2.14. The quantitative estimate of drug-likeness (QED) is 0.561. The predicted molar refractivity (Wildman–Crippen MR) is 104 cm³/mol. The van der Waals surface area contributed by atoms with Gasteiger partial charge in [0.15, 0.2) is 0 Å². The molecule has 2 aromatic rings. The lowest BCUT2D eigenvalue weighted by atomic mass is 10.1. The van der Waals surface area contributed by atoms with Crippen LogP contribution < -0.4 is 5.32 Å². The average Bonchev–Trinajstić information content (AvgIpc) is 2.73. The molecule has 1 saturated heterocycles. The number of aliphatic hydroxyl groups excluding tert-OH is 1. The van der Waals surface area contributed by atoms with Crippen molar-refractivity contribution in [1.82, 2.24) is 4.90 Å². The van der Waals surface area contributed by atoms with Crippen molar-refractivity contribution in [2.75, 3.05) is 38.2 Å². The van der Waals surface area contributed by atoms with E-state index >= 15 is 0 Å². The maximum Gasteiger partial charge on any atom is 0.269 e. The van der Waals surface area contributed by atoms with Gasteiger partial charge in [-0.05, 0) is 36.2 Å². The van der Waals surface area contributed by atoms with Crippen LogP contribution in [0.25, 0.3) is 0 Å². The van der Waals surface area contributed by atoms with Gasteiger partial charge in [-0.15, -0.1) is 0 Å². The Hall–Kier alpha value is -2.81. The molecule has 1 aliphatic rings. The maximum atomic E-state index is 12.2. The highest BCUT2D eigenvalue weighted by Crippen LogP contribution is 2.20. The highest BCUT2D eigenvalue weighted by atomic mass is 16.6. The SMILES string of the molecule is O=C(Nc1ccc(C(O)CCN2CCOCC2)cc1)c1ccc([N+](=O)[O-])cc1. The number of nitro benzene ring substituents is 1. The van der Waals surface area contributed by atoms with Crippen molar-refractivity contribution < 1.29 is 19.6 Å². The molecule has 8 nitrogen and oxygen atoms in total. The largest absolute Gasteiger partial charge is 0.388 e. The minimum atomic E-state index is -0.567. The normalized spacial score (nSPS) is 15.8. The number of benzene rings is 2. The molecule has 3 rings (SSSR count). The van der Waals surface area contributed by atoms with E-state index in [9.17, 15) is 20.0 Å². The van der Waals surface area contributed by atoms with E-state index in [2.05, 4.69) is 10.2 Å². The average molecular weight is 385 g/mol. The Morgan fingerprint density at radius 1 is 1.14 bits per heavy atom. The fourth-order valence-corrected chi connectivity index (χ4v) is 3.02. The minimum Gasteiger partial charge on any atom is -0.388 e. The molecule has 28 heavy (non-hydrogen) atoms. The number of nitro groups is 1. The minimum absolute atomic E-state index is 0.0630. The zero-order valence-electron chi connectivity index (χ0n) is 15.4. The Morgan fingerprint density at radius 3 is 2.39 bits per heavy atom. The number of anilines is 1. The zero-order chi connectivity index (χ0) is 19.9. The van der Waals surface area contributed by atoms with Gasteiger partial charge in [0.05, 0.1) is 24.2 Å². The molecule has 0 spiro atoms. The van der Waals surface area contributed by atoms with E-state index in [0.29, 0.717) is 17.7 Å². The van der Waals surface area contributed by atoms with Crippen molar-refractivity contribution in [3.8, 4) is 0 Å². The first kappa shape index (κ1) is 19.9. The number of rotatable bonds is 7. The summed E-state index contributed by atoms with van der Waals surface area (Å²) in [4.78, 5) is 24.7. The fraction of sp³-hybridized carbons (Fsp3) is 0.350. The summed E-state index contributed by atoms with van der Waals surface area (Å²) >= 11 is 0. The summed E-state index contributed by atoms with van der Waals surface area (Å²) in [7, 11) is 0. The van der Waals surface area contributed by atoms with Crippen molar-refractivity contribution in [2.45, 2.75) is 12.5 Å². The topological polar surface area (TPSA) is 105 Å². The van der Waals surface area contributed by atoms with E-state index in [1.807, 2.05) is 0 Å². The lowest BCUT2D eigenvalue weighted by Crippen LogP contribution is -2.37. The van der Waals surface area contributed by atoms with Gasteiger partial charge in [0, 0.05) is 43.0 Å². The number of carbonyl (C=O) groups is 1. The first-order valence-corrected chi connectivity index (χ1v) is 9.17. The van der Waals surface area contributed by atoms with Gasteiger partial charge in [0.25, 0.3) is 11.6 Å². The van der Waals surface area contributed by atoms with E-state index in [1.54, 1.807) is 24.3 Å². The molecule has 8 heteroatoms. The highest BCUT2D eigenvalue weighted by molar-refractivity contribution is 6.04. The Morgan fingerprint density at radius 2 is 1.79 bits per heavy atom. The molecule has 0 bridgehead atoms. The molecule has 0 aromatic heterocycles. The summed E-state index contributed by atoms with van der Waals surface area (Å²) in [5.74, 6) is -0.351. The number of morpholine rings is 1. The second kappa shape index (κ2) is 9.41. The molecule has 0 saturated carbocycles. The summed E-state index contributed by atoms with van der Waals surface area (Å²) in [5, 5.41) is 23.8. The molecule has 1 unspecified atom stereocenters. The van der Waals surface area contributed by atoms with Gasteiger partial charge in [-0.25, -0.2) is 0 Å². The lowest BCUT2D eigenvalue weighted by Gasteiger charge is -2.27. The molecule has 1 aliphatic heterocycles. The van der Waals surface area contributed by atoms with Gasteiger partial charge in [-0.2, -0.15) is 0 Å². The molecule has 1 amide bonds. The van der Waals surface area contributed by atoms with E-state index in [0.717, 1.165) is 38.4 Å². The summed E-state index contributed by atoms with van der Waals surface area (Å²) in [5.41, 5.74) is 1.65. The van der Waals surface area contributed by atoms with Crippen molar-refractivity contribution in [2.24, 2.45) is 0 Å². The van der Waals surface area contributed by atoms with E-state index in [-0.39, 0.29) is 11.6 Å². The van der Waals surface area contributed by atoms with Crippen LogP contribution in [0, 0.1) is 10.1 Å². The molecule has 0 radical (unpaired) electrons. The first-order valence-electron chi connectivity index (χ1n) is 9.17. The van der Waals surface area contributed by atoms with Gasteiger partial charge < -0.3 is 15.2 Å². The number of hydrogen-bond donors (Lipinski definition) is 2. The van der Waals surface area contributed by atoms with Gasteiger partial charge in [0.2, 0.25) is 0 Å². The van der Waals surface area contributed by atoms with Crippen LogP contribution in [0.1, 0.15) is 28.4 Å². The standard InChI is InChI=1S/C20H23N3O5/c24-19(9-10-22-11-13-28-14-12-22)15-1-5-17(6-2-15)21-20(25)16-3-7-18(8-4-16)23(26)27/h1-8,19,24H,9-14H2,(H,21,25). The van der Waals surface area contributed by atoms with Crippen molar-refractivity contribution >= 4 is 17.3 Å². The van der Waals surface area contributed by atoms with Crippen LogP contribution in [0.2, 0.25) is 0 Å². The Balaban J connectivity index is 1.53. The number of ether oxygens (including phenoxy) is 1. The van der Waals surface area contributed by atoms with Crippen LogP contribution in [0.15, 0.2) is 48.5 Å². The zero-order valence-corrected chi connectivity index (χ0v) is 15.4. The number of amides is 1. The number of nitrogens with one attached hydrogen (secondary N) is 1. The number of carbonyl (C=O) groups excluding carboxylic acids is 1. The summed E-state index contributed by atoms with van der Waals surface area (Å²) < 4.78 is 5.32. The number of hydrogen-bond acceptors (Lipinski definition) is 6. The van der Waals surface area contributed by atoms with Crippen LogP contribution in [-0.4, -0.2) is 53.7 Å². The molecule has 2 N–H and O–H groups in total. The fourth-order valence-electron chi connectivity index (χ4n) is 3.02. The second-order valence-corrected chi connectivity index (χ2v) is 6.64. The van der Waals surface area contributed by atoms with Crippen molar-refractivity contribution in [3.05, 3.63) is 69.8 Å². The third-order valence-electron chi connectivity index (χ3n) is 4.72. The van der Waals surface area contributed by atoms with Crippen LogP contribution in [0.3, 0.4) is 0 Å². The molecular weight excluding hydrogens is 362 g/mol. The van der Waals surface area contributed by atoms with Gasteiger partial charge >= 0.3 is 0 Å². The monoisotopic (exact) mass is 385 g/mol. The van der Waals surface area contributed by atoms with Crippen LogP contribution in [0.4, 0.5) is 11.4 Å². The van der Waals surface area contributed by atoms with Gasteiger partial charge in [0.1, 0.15) is 0 Å². The summed E-state index contributed by atoms with van der Waals surface area (Å²) in [6, 6.07) is 12.5. The third kappa shape index (κ3) is 5.35. The molecular formula is C20H23N3O5. The maximum absolute atomic E-state index is 12.2. The Labute approximate surface area is 162 Å². The number of nitrogens with zero attached hydrogens (tertiary/aromatic N) is 2. The molecule has 0 aliphatic carbocycles. The Kier molecular flexibility index (Phi) is 6.70. The molecule has 2 aromatic carbocycles. The molecule has 1 atom stereocenters. The molecule has 148 valence electrons. The van der Waals surface area contributed by atoms with Gasteiger partial charge in [-0.1, -0.05) is 12.1 Å². The van der Waals surface area contributed by atoms with Gasteiger partial charge in [-0.3, -0.25) is 19.8 Å². The van der Waals surface area contributed by atoms with Crippen LogP contribution in [0.5, 0.6) is 0 Å². The van der Waals surface area contributed by atoms with E-state index in [4.69, 9.17) is 4.74 Å². The molecule has 1 fully saturated rings. The van der Waals surface area contributed by atoms with E-state index < -0.39 is 11.0 Å². The predicted octanol–water partition coefficient (Wildman–Crippen LogP) is 2.60. The lowest BCUT2D eigenvalue weighted by molar-refractivity contribution is -0.384. The van der Waals surface area contributed by atoms with Crippen molar-refractivity contribution in [3.63, 3.8) is 0 Å². The molecule has 1 heterocycles. The smallest absolute Gasteiger partial charge is 0.269 e. The van der Waals surface area contributed by atoms with Crippen LogP contribution in [-0.2, 0) is 4.74 Å². The van der Waals surface area contributed by atoms with Crippen LogP contribution >= 0.6 is 0 Å². The number of non-ortho nitro benzene ring substituents is 1. The van der Waals surface area contributed by atoms with Crippen molar-refractivity contribution in [1.29, 1.82) is 0 Å². The Bertz CT molecular complexity index is 802.